The van der Waals surface area contributed by atoms with E-state index in [1.165, 1.54) is 6.07 Å². The number of nitrogens with zero attached hydrogens (tertiary/aromatic N) is 2. The molecular weight excluding hydrogens is 332 g/mol. The van der Waals surface area contributed by atoms with Gasteiger partial charge in [0.25, 0.3) is 0 Å². The molecule has 1 saturated heterocycles. The molecule has 1 fully saturated rings. The van der Waals surface area contributed by atoms with Crippen LogP contribution in [0, 0.1) is 11.6 Å². The summed E-state index contributed by atoms with van der Waals surface area (Å²) in [5, 5.41) is 4.39. The number of hydrogen-bond donors (Lipinski definition) is 1. The van der Waals surface area contributed by atoms with Crippen molar-refractivity contribution in [2.45, 2.75) is 12.5 Å². The average molecular weight is 353 g/mol. The van der Waals surface area contributed by atoms with Crippen LogP contribution in [0.25, 0.3) is 10.9 Å². The molecule has 134 valence electrons. The molecule has 4 rings (SSSR count). The van der Waals surface area contributed by atoms with Crippen LogP contribution in [0.1, 0.15) is 23.6 Å². The second kappa shape index (κ2) is 7.48. The highest BCUT2D eigenvalue weighted by atomic mass is 19.1. The molecule has 2 aromatic carbocycles. The number of hydrogen-bond acceptors (Lipinski definition) is 3. The lowest BCUT2D eigenvalue weighted by Crippen LogP contribution is -2.33. The molecule has 3 nitrogen and oxygen atoms in total. The van der Waals surface area contributed by atoms with Crippen LogP contribution in [0.2, 0.25) is 0 Å². The SMILES string of the molecule is Fc1ccc(C(c2ccnc3ccccc23)N2CCCNCC2)c(F)c1. The first-order valence-corrected chi connectivity index (χ1v) is 8.97. The molecule has 0 radical (unpaired) electrons. The maximum Gasteiger partial charge on any atom is 0.131 e. The van der Waals surface area contributed by atoms with E-state index < -0.39 is 11.6 Å². The van der Waals surface area contributed by atoms with Crippen molar-refractivity contribution in [2.24, 2.45) is 0 Å². The lowest BCUT2D eigenvalue weighted by molar-refractivity contribution is 0.237. The van der Waals surface area contributed by atoms with Crippen LogP contribution in [0.5, 0.6) is 0 Å². The van der Waals surface area contributed by atoms with E-state index in [0.29, 0.717) is 5.56 Å². The van der Waals surface area contributed by atoms with Crippen molar-refractivity contribution in [3.63, 3.8) is 0 Å². The number of nitrogens with one attached hydrogen (secondary N) is 1. The monoisotopic (exact) mass is 353 g/mol. The molecule has 5 heteroatoms. The van der Waals surface area contributed by atoms with Crippen LogP contribution in [0.3, 0.4) is 0 Å². The number of fused-ring (bicyclic) bond motifs is 1. The Labute approximate surface area is 151 Å². The standard InChI is InChI=1S/C21H21F2N3/c22-15-6-7-18(19(23)14-15)21(26-12-3-9-24-11-13-26)17-8-10-25-20-5-2-1-4-16(17)20/h1-2,4-8,10,14,21,24H,3,9,11-13H2. The number of benzene rings is 2. The quantitative estimate of drug-likeness (QED) is 0.774. The summed E-state index contributed by atoms with van der Waals surface area (Å²) in [6.45, 7) is 3.46. The number of aromatic nitrogens is 1. The van der Waals surface area contributed by atoms with Crippen LogP contribution in [0.15, 0.2) is 54.7 Å². The number of pyridine rings is 1. The van der Waals surface area contributed by atoms with E-state index in [4.69, 9.17) is 0 Å². The van der Waals surface area contributed by atoms with E-state index in [9.17, 15) is 8.78 Å². The topological polar surface area (TPSA) is 28.2 Å². The summed E-state index contributed by atoms with van der Waals surface area (Å²) in [4.78, 5) is 6.71. The molecule has 3 aromatic rings. The minimum absolute atomic E-state index is 0.275. The molecule has 1 aliphatic heterocycles. The molecular formula is C21H21F2N3. The summed E-state index contributed by atoms with van der Waals surface area (Å²) in [5.41, 5.74) is 2.39. The Hall–Kier alpha value is -2.37. The normalized spacial score (nSPS) is 17.2. The Morgan fingerprint density at radius 3 is 2.73 bits per heavy atom. The zero-order chi connectivity index (χ0) is 17.9. The average Bonchev–Trinajstić information content (AvgIpc) is 2.93. The second-order valence-electron chi connectivity index (χ2n) is 6.63. The molecule has 26 heavy (non-hydrogen) atoms. The Morgan fingerprint density at radius 1 is 0.962 bits per heavy atom. The van der Waals surface area contributed by atoms with Gasteiger partial charge in [0.05, 0.1) is 11.6 Å². The predicted molar refractivity (Wildman–Crippen MR) is 99.0 cm³/mol. The van der Waals surface area contributed by atoms with Gasteiger partial charge in [0.15, 0.2) is 0 Å². The Morgan fingerprint density at radius 2 is 1.85 bits per heavy atom. The molecule has 2 heterocycles. The lowest BCUT2D eigenvalue weighted by Gasteiger charge is -2.32. The van der Waals surface area contributed by atoms with Gasteiger partial charge in [0.2, 0.25) is 0 Å². The first kappa shape index (κ1) is 17.1. The van der Waals surface area contributed by atoms with E-state index in [1.54, 1.807) is 12.3 Å². The van der Waals surface area contributed by atoms with Crippen molar-refractivity contribution < 1.29 is 8.78 Å². The van der Waals surface area contributed by atoms with Gasteiger partial charge in [-0.25, -0.2) is 8.78 Å². The molecule has 1 N–H and O–H groups in total. The van der Waals surface area contributed by atoms with Crippen LogP contribution in [-0.4, -0.2) is 36.1 Å². The zero-order valence-corrected chi connectivity index (χ0v) is 14.5. The van der Waals surface area contributed by atoms with Crippen LogP contribution in [0.4, 0.5) is 8.78 Å². The summed E-state index contributed by atoms with van der Waals surface area (Å²) in [7, 11) is 0. The minimum atomic E-state index is -0.554. The summed E-state index contributed by atoms with van der Waals surface area (Å²) < 4.78 is 28.2. The summed E-state index contributed by atoms with van der Waals surface area (Å²) in [6, 6.07) is 13.5. The van der Waals surface area contributed by atoms with Crippen molar-refractivity contribution in [1.82, 2.24) is 15.2 Å². The Bertz CT molecular complexity index is 899. The smallest absolute Gasteiger partial charge is 0.131 e. The van der Waals surface area contributed by atoms with Crippen molar-refractivity contribution in [3.8, 4) is 0 Å². The minimum Gasteiger partial charge on any atom is -0.315 e. The number of halogens is 2. The molecule has 1 aliphatic rings. The first-order chi connectivity index (χ1) is 12.7. The molecule has 1 unspecified atom stereocenters. The van der Waals surface area contributed by atoms with E-state index in [-0.39, 0.29) is 6.04 Å². The van der Waals surface area contributed by atoms with Gasteiger partial charge in [-0.15, -0.1) is 0 Å². The number of para-hydroxylation sites is 1. The molecule has 0 amide bonds. The van der Waals surface area contributed by atoms with Crippen molar-refractivity contribution >= 4 is 10.9 Å². The van der Waals surface area contributed by atoms with Crippen molar-refractivity contribution in [1.29, 1.82) is 0 Å². The van der Waals surface area contributed by atoms with Gasteiger partial charge in [0, 0.05) is 42.8 Å². The highest BCUT2D eigenvalue weighted by Gasteiger charge is 2.27. The van der Waals surface area contributed by atoms with Gasteiger partial charge in [-0.2, -0.15) is 0 Å². The molecule has 0 spiro atoms. The third kappa shape index (κ3) is 3.32. The van der Waals surface area contributed by atoms with Gasteiger partial charge in [-0.05, 0) is 36.7 Å². The molecule has 0 bridgehead atoms. The summed E-state index contributed by atoms with van der Waals surface area (Å²) in [5.74, 6) is -1.06. The number of rotatable bonds is 3. The largest absolute Gasteiger partial charge is 0.315 e. The van der Waals surface area contributed by atoms with E-state index in [2.05, 4.69) is 15.2 Å². The summed E-state index contributed by atoms with van der Waals surface area (Å²) in [6.07, 6.45) is 2.75. The van der Waals surface area contributed by atoms with Gasteiger partial charge < -0.3 is 5.32 Å². The van der Waals surface area contributed by atoms with E-state index >= 15 is 0 Å². The predicted octanol–water partition coefficient (Wildman–Crippen LogP) is 3.90. The third-order valence-corrected chi connectivity index (χ3v) is 4.97. The van der Waals surface area contributed by atoms with Crippen LogP contribution >= 0.6 is 0 Å². The van der Waals surface area contributed by atoms with E-state index in [1.807, 2.05) is 30.3 Å². The third-order valence-electron chi connectivity index (χ3n) is 4.97. The van der Waals surface area contributed by atoms with Gasteiger partial charge in [-0.3, -0.25) is 9.88 Å². The molecule has 1 atom stereocenters. The lowest BCUT2D eigenvalue weighted by atomic mass is 9.93. The molecule has 0 aliphatic carbocycles. The molecule has 1 aromatic heterocycles. The highest BCUT2D eigenvalue weighted by Crippen LogP contribution is 2.34. The fraction of sp³-hybridized carbons (Fsp3) is 0.286. The second-order valence-corrected chi connectivity index (χ2v) is 6.63. The Kier molecular flexibility index (Phi) is 4.91. The first-order valence-electron chi connectivity index (χ1n) is 8.97. The van der Waals surface area contributed by atoms with Crippen LogP contribution in [-0.2, 0) is 0 Å². The van der Waals surface area contributed by atoms with Crippen LogP contribution < -0.4 is 5.32 Å². The zero-order valence-electron chi connectivity index (χ0n) is 14.5. The maximum absolute atomic E-state index is 14.7. The van der Waals surface area contributed by atoms with Crippen molar-refractivity contribution in [3.05, 3.63) is 77.5 Å². The van der Waals surface area contributed by atoms with Gasteiger partial charge in [0.1, 0.15) is 11.6 Å². The molecule has 0 saturated carbocycles. The van der Waals surface area contributed by atoms with Gasteiger partial charge in [-0.1, -0.05) is 24.3 Å². The maximum atomic E-state index is 14.7. The Balaban J connectivity index is 1.89. The van der Waals surface area contributed by atoms with Gasteiger partial charge >= 0.3 is 0 Å². The highest BCUT2D eigenvalue weighted by molar-refractivity contribution is 5.82. The fourth-order valence-electron chi connectivity index (χ4n) is 3.77. The van der Waals surface area contributed by atoms with E-state index in [0.717, 1.165) is 55.1 Å². The fourth-order valence-corrected chi connectivity index (χ4v) is 3.77. The van der Waals surface area contributed by atoms with Crippen molar-refractivity contribution in [2.75, 3.05) is 26.2 Å². The summed E-state index contributed by atoms with van der Waals surface area (Å²) >= 11 is 0.